The number of anilines is 1. The maximum Gasteiger partial charge on any atom is 0.416 e. The zero-order valence-electron chi connectivity index (χ0n) is 17.2. The quantitative estimate of drug-likeness (QED) is 0.747. The Hall–Kier alpha value is -2.83. The number of alkyl halides is 3. The number of hydrogen-bond donors (Lipinski definition) is 1. The highest BCUT2D eigenvalue weighted by Crippen LogP contribution is 2.39. The Morgan fingerprint density at radius 2 is 1.77 bits per heavy atom. The number of nitrogens with one attached hydrogen (secondary N) is 1. The monoisotopic (exact) mass is 418 g/mol. The predicted octanol–water partition coefficient (Wildman–Crippen LogP) is 5.14. The van der Waals surface area contributed by atoms with Gasteiger partial charge in [0.25, 0.3) is 5.91 Å². The second kappa shape index (κ2) is 8.50. The third kappa shape index (κ3) is 4.35. The van der Waals surface area contributed by atoms with Gasteiger partial charge in [0.2, 0.25) is 5.91 Å². The van der Waals surface area contributed by atoms with Gasteiger partial charge in [0, 0.05) is 23.3 Å². The molecule has 0 bridgehead atoms. The molecule has 1 heterocycles. The summed E-state index contributed by atoms with van der Waals surface area (Å²) in [5.41, 5.74) is 0.738. The third-order valence-electron chi connectivity index (χ3n) is 5.58. The van der Waals surface area contributed by atoms with Gasteiger partial charge in [-0.15, -0.1) is 0 Å². The number of amides is 2. The normalized spacial score (nSPS) is 19.7. The minimum atomic E-state index is -4.46. The van der Waals surface area contributed by atoms with Gasteiger partial charge in [-0.1, -0.05) is 25.1 Å². The molecule has 7 heteroatoms. The summed E-state index contributed by atoms with van der Waals surface area (Å²) in [6.45, 7) is 5.78. The number of para-hydroxylation sites is 1. The van der Waals surface area contributed by atoms with Crippen LogP contribution in [0.25, 0.3) is 0 Å². The van der Waals surface area contributed by atoms with E-state index in [0.717, 1.165) is 24.1 Å². The molecule has 4 nitrogen and oxygen atoms in total. The van der Waals surface area contributed by atoms with Crippen molar-refractivity contribution < 1.29 is 22.8 Å². The number of carbonyl (C=O) groups excluding carboxylic acids is 2. The van der Waals surface area contributed by atoms with Crippen molar-refractivity contribution in [3.05, 3.63) is 65.2 Å². The Morgan fingerprint density at radius 1 is 1.13 bits per heavy atom. The summed E-state index contributed by atoms with van der Waals surface area (Å²) in [7, 11) is 0. The van der Waals surface area contributed by atoms with Gasteiger partial charge in [0.05, 0.1) is 11.5 Å². The van der Waals surface area contributed by atoms with Crippen molar-refractivity contribution in [3.8, 4) is 0 Å². The van der Waals surface area contributed by atoms with Crippen LogP contribution in [0.4, 0.5) is 18.9 Å². The molecule has 0 aromatic heterocycles. The van der Waals surface area contributed by atoms with E-state index in [-0.39, 0.29) is 35.4 Å². The molecular weight excluding hydrogens is 393 g/mol. The van der Waals surface area contributed by atoms with Gasteiger partial charge < -0.3 is 10.2 Å². The third-order valence-corrected chi connectivity index (χ3v) is 5.58. The molecule has 0 spiro atoms. The Morgan fingerprint density at radius 3 is 2.37 bits per heavy atom. The molecule has 160 valence electrons. The van der Waals surface area contributed by atoms with Crippen molar-refractivity contribution in [1.82, 2.24) is 5.32 Å². The zero-order valence-corrected chi connectivity index (χ0v) is 17.2. The standard InChI is InChI=1S/C23H25F3N2O2/c1-4-14(2)27-21(29)19-13-15(3)28(20-8-6-5-7-18(19)20)22(30)16-9-11-17(12-10-16)23(24,25)26/h5-12,14-15,19H,4,13H2,1-3H3,(H,27,29)/t14-,15-,19-/m0/s1. The maximum atomic E-state index is 13.2. The second-order valence-corrected chi connectivity index (χ2v) is 7.76. The molecule has 0 unspecified atom stereocenters. The molecule has 1 aliphatic rings. The van der Waals surface area contributed by atoms with Crippen molar-refractivity contribution in [2.45, 2.75) is 57.8 Å². The average Bonchev–Trinajstić information content (AvgIpc) is 2.72. The lowest BCUT2D eigenvalue weighted by atomic mass is 9.84. The summed E-state index contributed by atoms with van der Waals surface area (Å²) in [4.78, 5) is 27.6. The largest absolute Gasteiger partial charge is 0.416 e. The highest BCUT2D eigenvalue weighted by atomic mass is 19.4. The van der Waals surface area contributed by atoms with Crippen LogP contribution in [0.3, 0.4) is 0 Å². The maximum absolute atomic E-state index is 13.2. The summed E-state index contributed by atoms with van der Waals surface area (Å²) in [5, 5.41) is 3.01. The van der Waals surface area contributed by atoms with Crippen molar-refractivity contribution in [3.63, 3.8) is 0 Å². The molecule has 2 aromatic carbocycles. The smallest absolute Gasteiger partial charge is 0.353 e. The van der Waals surface area contributed by atoms with Crippen LogP contribution < -0.4 is 10.2 Å². The van der Waals surface area contributed by atoms with Crippen molar-refractivity contribution in [2.24, 2.45) is 0 Å². The van der Waals surface area contributed by atoms with Crippen LogP contribution in [0.2, 0.25) is 0 Å². The predicted molar refractivity (Wildman–Crippen MR) is 109 cm³/mol. The fourth-order valence-corrected chi connectivity index (χ4v) is 3.76. The van der Waals surface area contributed by atoms with Crippen molar-refractivity contribution in [1.29, 1.82) is 0 Å². The lowest BCUT2D eigenvalue weighted by Gasteiger charge is -2.39. The molecule has 0 saturated carbocycles. The Kier molecular flexibility index (Phi) is 6.19. The Labute approximate surface area is 174 Å². The molecule has 3 atom stereocenters. The van der Waals surface area contributed by atoms with E-state index in [1.54, 1.807) is 17.0 Å². The summed E-state index contributed by atoms with van der Waals surface area (Å²) in [6.07, 6.45) is -3.21. The second-order valence-electron chi connectivity index (χ2n) is 7.76. The van der Waals surface area contributed by atoms with E-state index in [0.29, 0.717) is 12.1 Å². The number of rotatable bonds is 4. The summed E-state index contributed by atoms with van der Waals surface area (Å²) in [5.74, 6) is -0.850. The van der Waals surface area contributed by atoms with Gasteiger partial charge in [0.15, 0.2) is 0 Å². The lowest BCUT2D eigenvalue weighted by molar-refractivity contribution is -0.137. The van der Waals surface area contributed by atoms with Crippen LogP contribution in [0, 0.1) is 0 Å². The average molecular weight is 418 g/mol. The molecule has 0 saturated heterocycles. The number of fused-ring (bicyclic) bond motifs is 1. The molecule has 30 heavy (non-hydrogen) atoms. The van der Waals surface area contributed by atoms with Crippen LogP contribution in [0.1, 0.15) is 61.0 Å². The van der Waals surface area contributed by atoms with Crippen LogP contribution in [0.15, 0.2) is 48.5 Å². The van der Waals surface area contributed by atoms with E-state index in [9.17, 15) is 22.8 Å². The minimum Gasteiger partial charge on any atom is -0.353 e. The number of halogens is 3. The van der Waals surface area contributed by atoms with Gasteiger partial charge in [-0.2, -0.15) is 13.2 Å². The molecule has 2 aromatic rings. The van der Waals surface area contributed by atoms with Crippen LogP contribution >= 0.6 is 0 Å². The van der Waals surface area contributed by atoms with E-state index in [1.165, 1.54) is 12.1 Å². The molecule has 3 rings (SSSR count). The molecular formula is C23H25F3N2O2. The molecule has 1 N–H and O–H groups in total. The topological polar surface area (TPSA) is 49.4 Å². The van der Waals surface area contributed by atoms with Gasteiger partial charge in [-0.3, -0.25) is 9.59 Å². The minimum absolute atomic E-state index is 0.0479. The number of nitrogens with zero attached hydrogens (tertiary/aromatic N) is 1. The Bertz CT molecular complexity index is 925. The summed E-state index contributed by atoms with van der Waals surface area (Å²) >= 11 is 0. The van der Waals surface area contributed by atoms with Crippen molar-refractivity contribution in [2.75, 3.05) is 4.90 Å². The molecule has 0 fully saturated rings. The zero-order chi connectivity index (χ0) is 22.1. The number of hydrogen-bond acceptors (Lipinski definition) is 2. The SMILES string of the molecule is CC[C@H](C)NC(=O)[C@H]1C[C@H](C)N(C(=O)c2ccc(C(F)(F)F)cc2)c2ccccc21. The van der Waals surface area contributed by atoms with E-state index in [1.807, 2.05) is 32.9 Å². The van der Waals surface area contributed by atoms with Crippen molar-refractivity contribution >= 4 is 17.5 Å². The molecule has 0 radical (unpaired) electrons. The fraction of sp³-hybridized carbons (Fsp3) is 0.391. The van der Waals surface area contributed by atoms with Crippen LogP contribution in [0.5, 0.6) is 0 Å². The van der Waals surface area contributed by atoms with Gasteiger partial charge in [-0.25, -0.2) is 0 Å². The summed E-state index contributed by atoms with van der Waals surface area (Å²) in [6, 6.07) is 11.2. The van der Waals surface area contributed by atoms with E-state index in [4.69, 9.17) is 0 Å². The summed E-state index contributed by atoms with van der Waals surface area (Å²) < 4.78 is 38.5. The lowest BCUT2D eigenvalue weighted by Crippen LogP contribution is -2.47. The highest BCUT2D eigenvalue weighted by molar-refractivity contribution is 6.08. The first-order valence-electron chi connectivity index (χ1n) is 10.0. The number of benzene rings is 2. The van der Waals surface area contributed by atoms with E-state index >= 15 is 0 Å². The van der Waals surface area contributed by atoms with Gasteiger partial charge in [0.1, 0.15) is 0 Å². The van der Waals surface area contributed by atoms with Gasteiger partial charge >= 0.3 is 6.18 Å². The first-order valence-corrected chi connectivity index (χ1v) is 10.0. The number of carbonyl (C=O) groups is 2. The fourth-order valence-electron chi connectivity index (χ4n) is 3.76. The van der Waals surface area contributed by atoms with Crippen LogP contribution in [-0.2, 0) is 11.0 Å². The van der Waals surface area contributed by atoms with Crippen LogP contribution in [-0.4, -0.2) is 23.9 Å². The Balaban J connectivity index is 1.92. The van der Waals surface area contributed by atoms with E-state index in [2.05, 4.69) is 5.32 Å². The van der Waals surface area contributed by atoms with E-state index < -0.39 is 11.7 Å². The molecule has 2 amide bonds. The van der Waals surface area contributed by atoms with Gasteiger partial charge in [-0.05, 0) is 62.6 Å². The molecule has 1 aliphatic heterocycles. The highest BCUT2D eigenvalue weighted by Gasteiger charge is 2.37. The first-order chi connectivity index (χ1) is 14.1. The molecule has 0 aliphatic carbocycles. The first kappa shape index (κ1) is 21.9.